The summed E-state index contributed by atoms with van der Waals surface area (Å²) < 4.78 is 29.4. The molecule has 0 aliphatic rings. The molecular formula is C23H17BrF2N2. The first-order chi connectivity index (χ1) is 13.5. The predicted octanol–water partition coefficient (Wildman–Crippen LogP) is 6.61. The molecule has 2 nitrogen and oxygen atoms in total. The molecule has 0 N–H and O–H groups in total. The minimum absolute atomic E-state index is 0.289. The third kappa shape index (κ3) is 3.76. The van der Waals surface area contributed by atoms with Gasteiger partial charge in [-0.05, 0) is 76.9 Å². The van der Waals surface area contributed by atoms with E-state index < -0.39 is 0 Å². The van der Waals surface area contributed by atoms with E-state index in [9.17, 15) is 8.78 Å². The zero-order valence-electron chi connectivity index (χ0n) is 15.2. The highest BCUT2D eigenvalue weighted by Gasteiger charge is 2.19. The van der Waals surface area contributed by atoms with E-state index in [2.05, 4.69) is 40.2 Å². The van der Waals surface area contributed by atoms with Gasteiger partial charge in [0.15, 0.2) is 0 Å². The highest BCUT2D eigenvalue weighted by atomic mass is 79.9. The maximum Gasteiger partial charge on any atom is 0.123 e. The van der Waals surface area contributed by atoms with Gasteiger partial charge >= 0.3 is 0 Å². The molecule has 0 saturated heterocycles. The largest absolute Gasteiger partial charge is 0.259 e. The number of nitrogens with zero attached hydrogens (tertiary/aromatic N) is 2. The Balaban J connectivity index is 1.84. The van der Waals surface area contributed by atoms with Crippen LogP contribution in [0.5, 0.6) is 0 Å². The molecule has 0 aliphatic heterocycles. The lowest BCUT2D eigenvalue weighted by molar-refractivity contribution is 0.627. The third-order valence-electron chi connectivity index (χ3n) is 4.58. The Morgan fingerprint density at radius 2 is 1.32 bits per heavy atom. The zero-order chi connectivity index (χ0) is 19.7. The van der Waals surface area contributed by atoms with Crippen LogP contribution in [0, 0.1) is 18.6 Å². The van der Waals surface area contributed by atoms with Gasteiger partial charge in [0.05, 0.1) is 16.7 Å². The number of hydrogen-bond acceptors (Lipinski definition) is 1. The smallest absolute Gasteiger partial charge is 0.123 e. The topological polar surface area (TPSA) is 17.8 Å². The fourth-order valence-electron chi connectivity index (χ4n) is 3.10. The first kappa shape index (κ1) is 18.6. The minimum atomic E-state index is -0.294. The summed E-state index contributed by atoms with van der Waals surface area (Å²) in [4.78, 5) is 0. The van der Waals surface area contributed by atoms with E-state index in [0.29, 0.717) is 12.2 Å². The monoisotopic (exact) mass is 438 g/mol. The van der Waals surface area contributed by atoms with Gasteiger partial charge in [-0.25, -0.2) is 8.78 Å². The average molecular weight is 439 g/mol. The van der Waals surface area contributed by atoms with Gasteiger partial charge in [-0.3, -0.25) is 4.68 Å². The summed E-state index contributed by atoms with van der Waals surface area (Å²) in [7, 11) is 0. The van der Waals surface area contributed by atoms with Crippen molar-refractivity contribution in [2.45, 2.75) is 13.5 Å². The fraction of sp³-hybridized carbons (Fsp3) is 0.0870. The van der Waals surface area contributed by atoms with E-state index in [4.69, 9.17) is 5.10 Å². The second-order valence-electron chi connectivity index (χ2n) is 6.67. The highest BCUT2D eigenvalue weighted by molar-refractivity contribution is 9.10. The highest BCUT2D eigenvalue weighted by Crippen LogP contribution is 2.37. The molecule has 0 saturated carbocycles. The molecule has 1 aromatic heterocycles. The SMILES string of the molecule is Cc1ccc(Cn2nc(-c3ccc(F)cc3)c(Br)c2-c2ccc(F)cc2)cc1. The predicted molar refractivity (Wildman–Crippen MR) is 111 cm³/mol. The lowest BCUT2D eigenvalue weighted by Gasteiger charge is -2.09. The van der Waals surface area contributed by atoms with Crippen molar-refractivity contribution in [3.63, 3.8) is 0 Å². The van der Waals surface area contributed by atoms with Gasteiger partial charge in [0.25, 0.3) is 0 Å². The molecule has 5 heteroatoms. The quantitative estimate of drug-likeness (QED) is 0.350. The van der Waals surface area contributed by atoms with Crippen molar-refractivity contribution in [3.05, 3.63) is 100 Å². The molecule has 0 fully saturated rings. The summed E-state index contributed by atoms with van der Waals surface area (Å²) in [6.45, 7) is 2.61. The second kappa shape index (κ2) is 7.68. The third-order valence-corrected chi connectivity index (χ3v) is 5.33. The molecule has 28 heavy (non-hydrogen) atoms. The van der Waals surface area contributed by atoms with Crippen LogP contribution >= 0.6 is 15.9 Å². The molecule has 0 bridgehead atoms. The molecule has 3 aromatic carbocycles. The number of benzene rings is 3. The lowest BCUT2D eigenvalue weighted by atomic mass is 10.1. The standard InChI is InChI=1S/C23H17BrF2N2/c1-15-2-4-16(5-3-15)14-28-23(18-8-12-20(26)13-9-18)21(24)22(27-28)17-6-10-19(25)11-7-17/h2-13H,14H2,1H3. The van der Waals surface area contributed by atoms with Crippen LogP contribution in [-0.4, -0.2) is 9.78 Å². The Bertz CT molecular complexity index is 1100. The number of rotatable bonds is 4. The van der Waals surface area contributed by atoms with Gasteiger partial charge in [-0.15, -0.1) is 0 Å². The van der Waals surface area contributed by atoms with Gasteiger partial charge < -0.3 is 0 Å². The van der Waals surface area contributed by atoms with E-state index in [0.717, 1.165) is 26.9 Å². The molecule has 4 aromatic rings. The zero-order valence-corrected chi connectivity index (χ0v) is 16.7. The van der Waals surface area contributed by atoms with Crippen molar-refractivity contribution < 1.29 is 8.78 Å². The maximum atomic E-state index is 13.4. The molecule has 0 amide bonds. The molecule has 0 aliphatic carbocycles. The lowest BCUT2D eigenvalue weighted by Crippen LogP contribution is -2.04. The van der Waals surface area contributed by atoms with Gasteiger partial charge in [0.2, 0.25) is 0 Å². The molecule has 4 rings (SSSR count). The van der Waals surface area contributed by atoms with Gasteiger partial charge in [0.1, 0.15) is 17.3 Å². The van der Waals surface area contributed by atoms with E-state index in [1.54, 1.807) is 24.3 Å². The Hall–Kier alpha value is -2.79. The van der Waals surface area contributed by atoms with Crippen LogP contribution in [0.3, 0.4) is 0 Å². The van der Waals surface area contributed by atoms with Gasteiger partial charge in [0, 0.05) is 11.1 Å². The van der Waals surface area contributed by atoms with Crippen LogP contribution in [0.1, 0.15) is 11.1 Å². The van der Waals surface area contributed by atoms with Crippen LogP contribution in [0.15, 0.2) is 77.3 Å². The maximum absolute atomic E-state index is 13.4. The number of aromatic nitrogens is 2. The molecule has 0 spiro atoms. The normalized spacial score (nSPS) is 11.0. The van der Waals surface area contributed by atoms with Crippen LogP contribution in [0.4, 0.5) is 8.78 Å². The van der Waals surface area contributed by atoms with E-state index >= 15 is 0 Å². The van der Waals surface area contributed by atoms with Crippen molar-refractivity contribution in [3.8, 4) is 22.5 Å². The van der Waals surface area contributed by atoms with Crippen molar-refractivity contribution in [1.82, 2.24) is 9.78 Å². The van der Waals surface area contributed by atoms with Crippen molar-refractivity contribution in [1.29, 1.82) is 0 Å². The van der Waals surface area contributed by atoms with Gasteiger partial charge in [-0.1, -0.05) is 29.8 Å². The number of aryl methyl sites for hydroxylation is 1. The van der Waals surface area contributed by atoms with Crippen LogP contribution in [0.2, 0.25) is 0 Å². The first-order valence-corrected chi connectivity index (χ1v) is 9.64. The fourth-order valence-corrected chi connectivity index (χ4v) is 3.84. The summed E-state index contributed by atoms with van der Waals surface area (Å²) in [5.41, 5.74) is 5.51. The van der Waals surface area contributed by atoms with E-state index in [-0.39, 0.29) is 11.6 Å². The summed E-state index contributed by atoms with van der Waals surface area (Å²) in [6.07, 6.45) is 0. The molecule has 1 heterocycles. The summed E-state index contributed by atoms with van der Waals surface area (Å²) in [5, 5.41) is 4.78. The Labute approximate surface area is 170 Å². The summed E-state index contributed by atoms with van der Waals surface area (Å²) >= 11 is 3.67. The summed E-state index contributed by atoms with van der Waals surface area (Å²) in [5.74, 6) is -0.582. The first-order valence-electron chi connectivity index (χ1n) is 8.85. The molecular weight excluding hydrogens is 422 g/mol. The Morgan fingerprint density at radius 1 is 0.786 bits per heavy atom. The number of halogens is 3. The summed E-state index contributed by atoms with van der Waals surface area (Å²) in [6, 6.07) is 20.8. The van der Waals surface area contributed by atoms with Crippen molar-refractivity contribution >= 4 is 15.9 Å². The van der Waals surface area contributed by atoms with Crippen LogP contribution < -0.4 is 0 Å². The van der Waals surface area contributed by atoms with Crippen LogP contribution in [-0.2, 0) is 6.54 Å². The molecule has 140 valence electrons. The van der Waals surface area contributed by atoms with Crippen molar-refractivity contribution in [2.75, 3.05) is 0 Å². The van der Waals surface area contributed by atoms with E-state index in [1.807, 2.05) is 11.6 Å². The Morgan fingerprint density at radius 3 is 1.89 bits per heavy atom. The van der Waals surface area contributed by atoms with Gasteiger partial charge in [-0.2, -0.15) is 5.10 Å². The number of hydrogen-bond donors (Lipinski definition) is 0. The molecule has 0 atom stereocenters. The van der Waals surface area contributed by atoms with Crippen LogP contribution in [0.25, 0.3) is 22.5 Å². The second-order valence-corrected chi connectivity index (χ2v) is 7.46. The Kier molecular flexibility index (Phi) is 5.09. The molecule has 0 radical (unpaired) electrons. The van der Waals surface area contributed by atoms with E-state index in [1.165, 1.54) is 29.8 Å². The minimum Gasteiger partial charge on any atom is -0.259 e. The molecule has 0 unspecified atom stereocenters. The average Bonchev–Trinajstić information content (AvgIpc) is 3.01. The van der Waals surface area contributed by atoms with Crippen molar-refractivity contribution in [2.24, 2.45) is 0 Å².